The number of rotatable bonds is 1. The van der Waals surface area contributed by atoms with Crippen molar-refractivity contribution in [3.8, 4) is 6.07 Å². The van der Waals surface area contributed by atoms with E-state index in [0.29, 0.717) is 6.42 Å². The number of allylic oxidation sites excluding steroid dienone is 3. The van der Waals surface area contributed by atoms with Gasteiger partial charge in [0.25, 0.3) is 0 Å². The minimum absolute atomic E-state index is 0.415. The van der Waals surface area contributed by atoms with Crippen molar-refractivity contribution in [3.63, 3.8) is 0 Å². The summed E-state index contributed by atoms with van der Waals surface area (Å²) in [7, 11) is 0. The predicted octanol–water partition coefficient (Wildman–Crippen LogP) is 2.92. The highest BCUT2D eigenvalue weighted by atomic mass is 14.9. The van der Waals surface area contributed by atoms with Crippen molar-refractivity contribution in [2.45, 2.75) is 6.42 Å². The van der Waals surface area contributed by atoms with Gasteiger partial charge in [0.05, 0.1) is 12.5 Å². The molecule has 1 aromatic carbocycles. The molecule has 2 heteroatoms. The van der Waals surface area contributed by atoms with Crippen molar-refractivity contribution in [1.82, 2.24) is 0 Å². The molecule has 0 radical (unpaired) electrons. The second-order valence-corrected chi connectivity index (χ2v) is 3.10. The third-order valence-electron chi connectivity index (χ3n) is 2.10. The first-order chi connectivity index (χ1) is 6.90. The van der Waals surface area contributed by atoms with Gasteiger partial charge in [-0.05, 0) is 17.7 Å². The lowest BCUT2D eigenvalue weighted by Gasteiger charge is -2.08. The summed E-state index contributed by atoms with van der Waals surface area (Å²) < 4.78 is 0. The van der Waals surface area contributed by atoms with E-state index in [1.165, 1.54) is 0 Å². The molecule has 1 heterocycles. The van der Waals surface area contributed by atoms with Crippen LogP contribution in [0.25, 0.3) is 6.08 Å². The lowest BCUT2D eigenvalue weighted by atomic mass is 10.2. The molecule has 1 aromatic rings. The topological polar surface area (TPSA) is 35.8 Å². The standard InChI is InChI=1S/C12H10N2/c13-9-8-11-6-3-5-10-4-1-2-7-12(10)14-11/h1-7,14H,8H2. The number of hydrogen-bond donors (Lipinski definition) is 1. The van der Waals surface area contributed by atoms with E-state index in [9.17, 15) is 0 Å². The molecule has 0 unspecified atom stereocenters. The van der Waals surface area contributed by atoms with Crippen molar-refractivity contribution >= 4 is 11.8 Å². The van der Waals surface area contributed by atoms with Crippen LogP contribution in [0.5, 0.6) is 0 Å². The van der Waals surface area contributed by atoms with E-state index in [0.717, 1.165) is 16.9 Å². The molecule has 2 nitrogen and oxygen atoms in total. The van der Waals surface area contributed by atoms with Crippen LogP contribution in [-0.4, -0.2) is 0 Å². The molecule has 2 rings (SSSR count). The lowest BCUT2D eigenvalue weighted by molar-refractivity contribution is 1.22. The van der Waals surface area contributed by atoms with Crippen LogP contribution in [0.1, 0.15) is 12.0 Å². The molecule has 0 aromatic heterocycles. The number of anilines is 1. The molecule has 0 aliphatic carbocycles. The molecule has 0 saturated carbocycles. The van der Waals surface area contributed by atoms with Crippen molar-refractivity contribution in [1.29, 1.82) is 5.26 Å². The second-order valence-electron chi connectivity index (χ2n) is 3.10. The van der Waals surface area contributed by atoms with E-state index in [1.54, 1.807) is 0 Å². The molecule has 0 spiro atoms. The second kappa shape index (κ2) is 3.80. The lowest BCUT2D eigenvalue weighted by Crippen LogP contribution is -1.98. The number of fused-ring (bicyclic) bond motifs is 1. The van der Waals surface area contributed by atoms with Gasteiger partial charge in [-0.3, -0.25) is 0 Å². The Hall–Kier alpha value is -2.01. The van der Waals surface area contributed by atoms with E-state index >= 15 is 0 Å². The molecule has 0 bridgehead atoms. The Kier molecular flexibility index (Phi) is 2.33. The Labute approximate surface area is 83.2 Å². The molecule has 0 amide bonds. The summed E-state index contributed by atoms with van der Waals surface area (Å²) in [6.45, 7) is 0. The van der Waals surface area contributed by atoms with Crippen LogP contribution in [0.3, 0.4) is 0 Å². The van der Waals surface area contributed by atoms with Crippen molar-refractivity contribution in [3.05, 3.63) is 47.7 Å². The smallest absolute Gasteiger partial charge is 0.0752 e. The van der Waals surface area contributed by atoms with Crippen LogP contribution in [0.15, 0.2) is 42.1 Å². The van der Waals surface area contributed by atoms with Gasteiger partial charge < -0.3 is 5.32 Å². The Morgan fingerprint density at radius 3 is 3.00 bits per heavy atom. The number of hydrogen-bond acceptors (Lipinski definition) is 2. The Balaban J connectivity index is 2.34. The van der Waals surface area contributed by atoms with Crippen LogP contribution < -0.4 is 5.32 Å². The summed E-state index contributed by atoms with van der Waals surface area (Å²) in [5.41, 5.74) is 3.15. The van der Waals surface area contributed by atoms with Gasteiger partial charge in [0.15, 0.2) is 0 Å². The van der Waals surface area contributed by atoms with E-state index in [4.69, 9.17) is 5.26 Å². The quantitative estimate of drug-likeness (QED) is 0.724. The number of para-hydroxylation sites is 1. The first-order valence-corrected chi connectivity index (χ1v) is 4.50. The van der Waals surface area contributed by atoms with E-state index in [2.05, 4.69) is 11.4 Å². The summed E-state index contributed by atoms with van der Waals surface area (Å²) >= 11 is 0. The number of nitrogens with zero attached hydrogens (tertiary/aromatic N) is 1. The first kappa shape index (κ1) is 8.58. The number of nitriles is 1. The van der Waals surface area contributed by atoms with Gasteiger partial charge in [0.2, 0.25) is 0 Å². The molecule has 1 aliphatic heterocycles. The Morgan fingerprint density at radius 2 is 2.14 bits per heavy atom. The third kappa shape index (κ3) is 1.67. The van der Waals surface area contributed by atoms with Crippen molar-refractivity contribution in [2.75, 3.05) is 5.32 Å². The molecule has 68 valence electrons. The van der Waals surface area contributed by atoms with Crippen molar-refractivity contribution < 1.29 is 0 Å². The average Bonchev–Trinajstić information content (AvgIpc) is 2.40. The first-order valence-electron chi connectivity index (χ1n) is 4.50. The van der Waals surface area contributed by atoms with Gasteiger partial charge in [-0.25, -0.2) is 0 Å². The highest BCUT2D eigenvalue weighted by Crippen LogP contribution is 2.22. The van der Waals surface area contributed by atoms with Crippen LogP contribution >= 0.6 is 0 Å². The van der Waals surface area contributed by atoms with E-state index in [1.807, 2.05) is 42.5 Å². The van der Waals surface area contributed by atoms with Crippen LogP contribution in [-0.2, 0) is 0 Å². The van der Waals surface area contributed by atoms with Gasteiger partial charge in [-0.15, -0.1) is 0 Å². The predicted molar refractivity (Wildman–Crippen MR) is 57.4 cm³/mol. The maximum absolute atomic E-state index is 8.60. The zero-order valence-electron chi connectivity index (χ0n) is 7.70. The summed E-state index contributed by atoms with van der Waals surface area (Å²) in [5, 5.41) is 11.8. The molecular formula is C12H10N2. The molecule has 1 N–H and O–H groups in total. The minimum Gasteiger partial charge on any atom is -0.358 e. The summed E-state index contributed by atoms with van der Waals surface area (Å²) in [6.07, 6.45) is 6.35. The Bertz CT molecular complexity index is 436. The zero-order valence-corrected chi connectivity index (χ0v) is 7.70. The minimum atomic E-state index is 0.415. The van der Waals surface area contributed by atoms with E-state index < -0.39 is 0 Å². The average molecular weight is 182 g/mol. The van der Waals surface area contributed by atoms with Gasteiger partial charge >= 0.3 is 0 Å². The molecule has 0 fully saturated rings. The molecule has 0 atom stereocenters. The van der Waals surface area contributed by atoms with Crippen molar-refractivity contribution in [2.24, 2.45) is 0 Å². The van der Waals surface area contributed by atoms with Crippen LogP contribution in [0.2, 0.25) is 0 Å². The SMILES string of the molecule is N#CCC1=CC=Cc2ccccc2N1. The number of nitrogens with one attached hydrogen (secondary N) is 1. The summed E-state index contributed by atoms with van der Waals surface area (Å²) in [6, 6.07) is 10.2. The van der Waals surface area contributed by atoms with Gasteiger partial charge in [-0.1, -0.05) is 30.4 Å². The largest absolute Gasteiger partial charge is 0.358 e. The van der Waals surface area contributed by atoms with Gasteiger partial charge in [0.1, 0.15) is 0 Å². The highest BCUT2D eigenvalue weighted by Gasteiger charge is 2.03. The summed E-state index contributed by atoms with van der Waals surface area (Å²) in [5.74, 6) is 0. The molecule has 1 aliphatic rings. The maximum atomic E-state index is 8.60. The molecular weight excluding hydrogens is 172 g/mol. The fraction of sp³-hybridized carbons (Fsp3) is 0.0833. The van der Waals surface area contributed by atoms with E-state index in [-0.39, 0.29) is 0 Å². The highest BCUT2D eigenvalue weighted by molar-refractivity contribution is 5.71. The zero-order chi connectivity index (χ0) is 9.80. The Morgan fingerprint density at radius 1 is 1.29 bits per heavy atom. The fourth-order valence-electron chi connectivity index (χ4n) is 1.43. The maximum Gasteiger partial charge on any atom is 0.0752 e. The number of benzene rings is 1. The van der Waals surface area contributed by atoms with Gasteiger partial charge in [0, 0.05) is 11.4 Å². The van der Waals surface area contributed by atoms with Crippen LogP contribution in [0.4, 0.5) is 5.69 Å². The fourth-order valence-corrected chi connectivity index (χ4v) is 1.43. The summed E-state index contributed by atoms with van der Waals surface area (Å²) in [4.78, 5) is 0. The monoisotopic (exact) mass is 182 g/mol. The normalized spacial score (nSPS) is 13.2. The van der Waals surface area contributed by atoms with Crippen LogP contribution in [0, 0.1) is 11.3 Å². The van der Waals surface area contributed by atoms with Gasteiger partial charge in [-0.2, -0.15) is 5.26 Å². The molecule has 0 saturated heterocycles. The third-order valence-corrected chi connectivity index (χ3v) is 2.10. The molecule has 14 heavy (non-hydrogen) atoms.